The summed E-state index contributed by atoms with van der Waals surface area (Å²) in [5.74, 6) is -0.193. The van der Waals surface area contributed by atoms with Gasteiger partial charge in [0.15, 0.2) is 0 Å². The third-order valence-electron chi connectivity index (χ3n) is 3.72. The van der Waals surface area contributed by atoms with Crippen molar-refractivity contribution in [3.05, 3.63) is 53.6 Å². The summed E-state index contributed by atoms with van der Waals surface area (Å²) in [6, 6.07) is 10.2. The number of nitrogens with one attached hydrogen (secondary N) is 1. The molecular formula is C19H22ClF3N2O2. The van der Waals surface area contributed by atoms with E-state index in [1.54, 1.807) is 12.1 Å². The van der Waals surface area contributed by atoms with Crippen molar-refractivity contribution in [1.82, 2.24) is 0 Å². The van der Waals surface area contributed by atoms with Crippen LogP contribution in [0.1, 0.15) is 30.9 Å². The van der Waals surface area contributed by atoms with Crippen LogP contribution in [0.15, 0.2) is 42.5 Å². The predicted octanol–water partition coefficient (Wildman–Crippen LogP) is 5.07. The lowest BCUT2D eigenvalue weighted by Gasteiger charge is -2.15. The number of rotatable bonds is 7. The molecule has 148 valence electrons. The third kappa shape index (κ3) is 6.67. The number of halogens is 4. The van der Waals surface area contributed by atoms with Crippen LogP contribution >= 0.6 is 12.4 Å². The van der Waals surface area contributed by atoms with Crippen molar-refractivity contribution in [1.29, 1.82) is 0 Å². The summed E-state index contributed by atoms with van der Waals surface area (Å²) in [6.45, 7) is 2.22. The van der Waals surface area contributed by atoms with Crippen molar-refractivity contribution in [2.75, 3.05) is 17.7 Å². The van der Waals surface area contributed by atoms with Crippen LogP contribution in [0.3, 0.4) is 0 Å². The number of amides is 1. The van der Waals surface area contributed by atoms with Crippen molar-refractivity contribution >= 4 is 29.7 Å². The Hall–Kier alpha value is -2.41. The van der Waals surface area contributed by atoms with E-state index in [4.69, 9.17) is 10.5 Å². The number of anilines is 2. The van der Waals surface area contributed by atoms with Crippen LogP contribution < -0.4 is 15.8 Å². The van der Waals surface area contributed by atoms with Gasteiger partial charge < -0.3 is 15.8 Å². The molecule has 0 spiro atoms. The quantitative estimate of drug-likeness (QED) is 0.635. The number of carbonyl (C=O) groups is 1. The van der Waals surface area contributed by atoms with Crippen LogP contribution in [-0.2, 0) is 17.4 Å². The van der Waals surface area contributed by atoms with E-state index in [0.29, 0.717) is 25.1 Å². The lowest BCUT2D eigenvalue weighted by atomic mass is 10.1. The zero-order chi connectivity index (χ0) is 19.2. The summed E-state index contributed by atoms with van der Waals surface area (Å²) in [7, 11) is 0. The summed E-state index contributed by atoms with van der Waals surface area (Å²) >= 11 is 0. The Morgan fingerprint density at radius 3 is 2.52 bits per heavy atom. The topological polar surface area (TPSA) is 64.3 Å². The molecule has 0 atom stereocenters. The minimum atomic E-state index is -4.50. The average molecular weight is 403 g/mol. The highest BCUT2D eigenvalue weighted by Crippen LogP contribution is 2.35. The summed E-state index contributed by atoms with van der Waals surface area (Å²) in [6.07, 6.45) is -3.32. The van der Waals surface area contributed by atoms with Crippen molar-refractivity contribution in [2.24, 2.45) is 0 Å². The number of benzene rings is 2. The highest BCUT2D eigenvalue weighted by atomic mass is 35.5. The SMILES string of the molecule is CCCOc1ccc(C(F)(F)F)cc1NC(=O)CCc1ccccc1N.Cl. The molecule has 0 aliphatic rings. The first-order valence-electron chi connectivity index (χ1n) is 8.28. The molecule has 4 nitrogen and oxygen atoms in total. The van der Waals surface area contributed by atoms with Gasteiger partial charge in [0, 0.05) is 12.1 Å². The second kappa shape index (κ2) is 10.1. The Morgan fingerprint density at radius 2 is 1.89 bits per heavy atom. The smallest absolute Gasteiger partial charge is 0.416 e. The summed E-state index contributed by atoms with van der Waals surface area (Å²) in [4.78, 5) is 12.2. The van der Waals surface area contributed by atoms with Gasteiger partial charge in [-0.15, -0.1) is 12.4 Å². The first-order chi connectivity index (χ1) is 12.3. The van der Waals surface area contributed by atoms with Gasteiger partial charge >= 0.3 is 6.18 Å². The predicted molar refractivity (Wildman–Crippen MR) is 102 cm³/mol. The van der Waals surface area contributed by atoms with Gasteiger partial charge in [0.1, 0.15) is 5.75 Å². The Kier molecular flexibility index (Phi) is 8.43. The minimum Gasteiger partial charge on any atom is -0.491 e. The number of para-hydroxylation sites is 1. The third-order valence-corrected chi connectivity index (χ3v) is 3.72. The van der Waals surface area contributed by atoms with E-state index in [2.05, 4.69) is 5.32 Å². The number of ether oxygens (including phenoxy) is 1. The number of nitrogen functional groups attached to an aromatic ring is 1. The van der Waals surface area contributed by atoms with Crippen molar-refractivity contribution < 1.29 is 22.7 Å². The van der Waals surface area contributed by atoms with Gasteiger partial charge in [-0.3, -0.25) is 4.79 Å². The molecule has 0 radical (unpaired) electrons. The van der Waals surface area contributed by atoms with E-state index in [0.717, 1.165) is 17.7 Å². The van der Waals surface area contributed by atoms with Gasteiger partial charge in [-0.2, -0.15) is 13.2 Å². The molecule has 1 amide bonds. The number of hydrogen-bond acceptors (Lipinski definition) is 3. The Labute approximate surface area is 162 Å². The number of alkyl halides is 3. The molecule has 0 aliphatic carbocycles. The standard InChI is InChI=1S/C19H21F3N2O2.ClH/c1-2-11-26-17-9-8-14(19(20,21)22)12-16(17)24-18(25)10-7-13-5-3-4-6-15(13)23;/h3-6,8-9,12H,2,7,10-11,23H2,1H3,(H,24,25);1H. The molecular weight excluding hydrogens is 381 g/mol. The molecule has 0 saturated carbocycles. The molecule has 27 heavy (non-hydrogen) atoms. The zero-order valence-corrected chi connectivity index (χ0v) is 15.6. The number of hydrogen-bond donors (Lipinski definition) is 2. The summed E-state index contributed by atoms with van der Waals surface area (Å²) in [5.41, 5.74) is 6.39. The van der Waals surface area contributed by atoms with Gasteiger partial charge in [0.05, 0.1) is 17.9 Å². The van der Waals surface area contributed by atoms with Crippen LogP contribution in [0.5, 0.6) is 5.75 Å². The minimum absolute atomic E-state index is 0. The van der Waals surface area contributed by atoms with Gasteiger partial charge in [-0.1, -0.05) is 25.1 Å². The number of carbonyl (C=O) groups excluding carboxylic acids is 1. The molecule has 0 aliphatic heterocycles. The Bertz CT molecular complexity index is 767. The molecule has 0 bridgehead atoms. The maximum atomic E-state index is 12.9. The van der Waals surface area contributed by atoms with Gasteiger partial charge in [0.25, 0.3) is 0 Å². The van der Waals surface area contributed by atoms with Crippen LogP contribution in [0.4, 0.5) is 24.5 Å². The molecule has 0 heterocycles. The molecule has 0 fully saturated rings. The fourth-order valence-corrected chi connectivity index (χ4v) is 2.36. The summed E-state index contributed by atoms with van der Waals surface area (Å²) in [5, 5.41) is 2.52. The lowest BCUT2D eigenvalue weighted by molar-refractivity contribution is -0.137. The van der Waals surface area contributed by atoms with Crippen LogP contribution in [-0.4, -0.2) is 12.5 Å². The Balaban J connectivity index is 0.00000364. The number of nitrogens with two attached hydrogens (primary N) is 1. The molecule has 0 unspecified atom stereocenters. The second-order valence-corrected chi connectivity index (χ2v) is 5.80. The second-order valence-electron chi connectivity index (χ2n) is 5.80. The molecule has 2 rings (SSSR count). The van der Waals surface area contributed by atoms with E-state index >= 15 is 0 Å². The fraction of sp³-hybridized carbons (Fsp3) is 0.316. The van der Waals surface area contributed by atoms with Crippen LogP contribution in [0, 0.1) is 0 Å². The number of aryl methyl sites for hydroxylation is 1. The normalized spacial score (nSPS) is 10.8. The van der Waals surface area contributed by atoms with E-state index < -0.39 is 17.6 Å². The fourth-order valence-electron chi connectivity index (χ4n) is 2.36. The molecule has 0 aromatic heterocycles. The van der Waals surface area contributed by atoms with Crippen molar-refractivity contribution in [2.45, 2.75) is 32.4 Å². The monoisotopic (exact) mass is 402 g/mol. The van der Waals surface area contributed by atoms with E-state index in [1.807, 2.05) is 19.1 Å². The van der Waals surface area contributed by atoms with Crippen molar-refractivity contribution in [3.8, 4) is 5.75 Å². The van der Waals surface area contributed by atoms with E-state index in [-0.39, 0.29) is 30.3 Å². The largest absolute Gasteiger partial charge is 0.491 e. The zero-order valence-electron chi connectivity index (χ0n) is 14.8. The highest BCUT2D eigenvalue weighted by Gasteiger charge is 2.31. The maximum absolute atomic E-state index is 12.9. The lowest BCUT2D eigenvalue weighted by Crippen LogP contribution is -2.15. The van der Waals surface area contributed by atoms with Gasteiger partial charge in [-0.05, 0) is 42.7 Å². The molecule has 3 N–H and O–H groups in total. The molecule has 8 heteroatoms. The maximum Gasteiger partial charge on any atom is 0.416 e. The van der Waals surface area contributed by atoms with Crippen LogP contribution in [0.25, 0.3) is 0 Å². The molecule has 2 aromatic carbocycles. The molecule has 0 saturated heterocycles. The average Bonchev–Trinajstić information content (AvgIpc) is 2.59. The summed E-state index contributed by atoms with van der Waals surface area (Å²) < 4.78 is 44.2. The van der Waals surface area contributed by atoms with E-state index in [1.165, 1.54) is 6.07 Å². The highest BCUT2D eigenvalue weighted by molar-refractivity contribution is 5.92. The molecule has 2 aromatic rings. The first-order valence-corrected chi connectivity index (χ1v) is 8.28. The Morgan fingerprint density at radius 1 is 1.19 bits per heavy atom. The van der Waals surface area contributed by atoms with E-state index in [9.17, 15) is 18.0 Å². The van der Waals surface area contributed by atoms with Gasteiger partial charge in [0.2, 0.25) is 5.91 Å². The van der Waals surface area contributed by atoms with Crippen molar-refractivity contribution in [3.63, 3.8) is 0 Å². The van der Waals surface area contributed by atoms with Gasteiger partial charge in [-0.25, -0.2) is 0 Å². The first kappa shape index (κ1) is 22.6. The van der Waals surface area contributed by atoms with Crippen LogP contribution in [0.2, 0.25) is 0 Å².